The van der Waals surface area contributed by atoms with Crippen molar-refractivity contribution in [2.24, 2.45) is 0 Å². The van der Waals surface area contributed by atoms with Gasteiger partial charge in [0.2, 0.25) is 0 Å². The lowest BCUT2D eigenvalue weighted by Crippen LogP contribution is -2.33. The summed E-state index contributed by atoms with van der Waals surface area (Å²) in [6.07, 6.45) is 0. The van der Waals surface area contributed by atoms with Crippen molar-refractivity contribution in [2.45, 2.75) is 13.1 Å². The van der Waals surface area contributed by atoms with Gasteiger partial charge in [-0.3, -0.25) is 19.3 Å². The molecule has 0 aliphatic carbocycles. The van der Waals surface area contributed by atoms with Gasteiger partial charge in [0.25, 0.3) is 17.7 Å². The number of carbonyl (C=O) groups is 3. The van der Waals surface area contributed by atoms with Gasteiger partial charge in [-0.2, -0.15) is 0 Å². The fourth-order valence-electron chi connectivity index (χ4n) is 3.36. The molecule has 3 aromatic carbocycles. The molecule has 1 aliphatic heterocycles. The number of carbonyl (C=O) groups excluding carboxylic acids is 3. The van der Waals surface area contributed by atoms with Crippen LogP contribution in [0.4, 0.5) is 10.1 Å². The van der Waals surface area contributed by atoms with E-state index in [2.05, 4.69) is 10.6 Å². The lowest BCUT2D eigenvalue weighted by Gasteiger charge is -2.15. The largest absolute Gasteiger partial charge is 0.375 e. The van der Waals surface area contributed by atoms with Crippen molar-refractivity contribution in [3.8, 4) is 0 Å². The third-order valence-corrected chi connectivity index (χ3v) is 6.12. The zero-order valence-electron chi connectivity index (χ0n) is 17.9. The number of anilines is 1. The van der Waals surface area contributed by atoms with Crippen molar-refractivity contribution in [3.05, 3.63) is 110 Å². The molecule has 0 aromatic heterocycles. The fraction of sp³-hybridized carbons (Fsp3) is 0.0800. The van der Waals surface area contributed by atoms with Crippen LogP contribution < -0.4 is 10.6 Å². The minimum atomic E-state index is -0.581. The summed E-state index contributed by atoms with van der Waals surface area (Å²) < 4.78 is 13.3. The second-order valence-corrected chi connectivity index (χ2v) is 8.87. The van der Waals surface area contributed by atoms with Crippen LogP contribution in [-0.4, -0.2) is 22.6 Å². The summed E-state index contributed by atoms with van der Waals surface area (Å²) in [5.74, 6) is -2.08. The molecule has 0 saturated heterocycles. The highest BCUT2D eigenvalue weighted by Gasteiger charge is 2.37. The van der Waals surface area contributed by atoms with E-state index in [0.29, 0.717) is 16.3 Å². The standard InChI is InChI=1S/C25H17Cl3FN3O3/c26-17-7-3-15(4-8-17)13-32-24(34)21(28)22(25(32)35)30-12-14-1-5-16(6-2-14)23(33)31-18-9-10-20(29)19(27)11-18/h1-11,30H,12-13H2,(H,31,33). The highest BCUT2D eigenvalue weighted by molar-refractivity contribution is 6.47. The molecule has 6 nitrogen and oxygen atoms in total. The Morgan fingerprint density at radius 3 is 2.17 bits per heavy atom. The molecule has 10 heteroatoms. The number of imide groups is 1. The number of halogens is 4. The number of rotatable bonds is 7. The molecule has 0 spiro atoms. The molecule has 1 heterocycles. The van der Waals surface area contributed by atoms with E-state index in [4.69, 9.17) is 34.8 Å². The quantitative estimate of drug-likeness (QED) is 0.394. The van der Waals surface area contributed by atoms with Gasteiger partial charge in [-0.25, -0.2) is 4.39 Å². The Hall–Kier alpha value is -3.39. The van der Waals surface area contributed by atoms with Crippen LogP contribution in [0.25, 0.3) is 0 Å². The van der Waals surface area contributed by atoms with Gasteiger partial charge < -0.3 is 10.6 Å². The lowest BCUT2D eigenvalue weighted by atomic mass is 10.1. The lowest BCUT2D eigenvalue weighted by molar-refractivity contribution is -0.138. The van der Waals surface area contributed by atoms with Crippen molar-refractivity contribution >= 4 is 58.2 Å². The Kier molecular flexibility index (Phi) is 7.40. The first-order valence-corrected chi connectivity index (χ1v) is 11.5. The molecule has 3 amide bonds. The van der Waals surface area contributed by atoms with Crippen molar-refractivity contribution in [1.29, 1.82) is 0 Å². The van der Waals surface area contributed by atoms with Gasteiger partial charge in [-0.05, 0) is 53.6 Å². The molecular weight excluding hydrogens is 516 g/mol. The number of nitrogens with one attached hydrogen (secondary N) is 2. The first-order valence-electron chi connectivity index (χ1n) is 10.3. The number of nitrogens with zero attached hydrogens (tertiary/aromatic N) is 1. The molecule has 4 rings (SSSR count). The van der Waals surface area contributed by atoms with E-state index >= 15 is 0 Å². The van der Waals surface area contributed by atoms with E-state index in [1.165, 1.54) is 12.1 Å². The third kappa shape index (κ3) is 5.65. The summed E-state index contributed by atoms with van der Waals surface area (Å²) in [7, 11) is 0. The van der Waals surface area contributed by atoms with E-state index in [1.807, 2.05) is 0 Å². The second kappa shape index (κ2) is 10.5. The van der Waals surface area contributed by atoms with E-state index in [0.717, 1.165) is 22.1 Å². The van der Waals surface area contributed by atoms with Crippen LogP contribution in [0.5, 0.6) is 0 Å². The van der Waals surface area contributed by atoms with Gasteiger partial charge in [0.1, 0.15) is 16.5 Å². The predicted molar refractivity (Wildman–Crippen MR) is 133 cm³/mol. The number of amides is 3. The van der Waals surface area contributed by atoms with Gasteiger partial charge in [-0.1, -0.05) is 59.1 Å². The van der Waals surface area contributed by atoms with Crippen LogP contribution in [-0.2, 0) is 22.7 Å². The van der Waals surface area contributed by atoms with Crippen molar-refractivity contribution in [2.75, 3.05) is 5.32 Å². The van der Waals surface area contributed by atoms with Gasteiger partial charge >= 0.3 is 0 Å². The highest BCUT2D eigenvalue weighted by atomic mass is 35.5. The molecular formula is C25H17Cl3FN3O3. The molecule has 2 N–H and O–H groups in total. The van der Waals surface area contributed by atoms with E-state index in [9.17, 15) is 18.8 Å². The molecule has 35 heavy (non-hydrogen) atoms. The monoisotopic (exact) mass is 531 g/mol. The average molecular weight is 533 g/mol. The normalized spacial score (nSPS) is 13.4. The van der Waals surface area contributed by atoms with Crippen molar-refractivity contribution in [1.82, 2.24) is 10.2 Å². The van der Waals surface area contributed by atoms with Crippen LogP contribution in [0.15, 0.2) is 77.5 Å². The molecule has 3 aromatic rings. The van der Waals surface area contributed by atoms with Crippen LogP contribution >= 0.6 is 34.8 Å². The van der Waals surface area contributed by atoms with Gasteiger partial charge in [0, 0.05) is 22.8 Å². The maximum atomic E-state index is 13.3. The fourth-order valence-corrected chi connectivity index (χ4v) is 3.91. The molecule has 178 valence electrons. The second-order valence-electron chi connectivity index (χ2n) is 7.65. The summed E-state index contributed by atoms with van der Waals surface area (Å²) in [6.45, 7) is 0.272. The molecule has 0 fully saturated rings. The van der Waals surface area contributed by atoms with Gasteiger partial charge in [-0.15, -0.1) is 0 Å². The van der Waals surface area contributed by atoms with Crippen LogP contribution in [0.2, 0.25) is 10.0 Å². The predicted octanol–water partition coefficient (Wildman–Crippen LogP) is 5.49. The molecule has 0 radical (unpaired) electrons. The Labute approximate surface area is 215 Å². The van der Waals surface area contributed by atoms with E-state index < -0.39 is 23.5 Å². The summed E-state index contributed by atoms with van der Waals surface area (Å²) in [5.41, 5.74) is 2.23. The minimum Gasteiger partial charge on any atom is -0.375 e. The maximum absolute atomic E-state index is 13.3. The smallest absolute Gasteiger partial charge is 0.278 e. The number of hydrogen-bond acceptors (Lipinski definition) is 4. The maximum Gasteiger partial charge on any atom is 0.278 e. The average Bonchev–Trinajstić information content (AvgIpc) is 3.04. The first kappa shape index (κ1) is 24.7. The van der Waals surface area contributed by atoms with Crippen LogP contribution in [0, 0.1) is 5.82 Å². The topological polar surface area (TPSA) is 78.5 Å². The summed E-state index contributed by atoms with van der Waals surface area (Å²) in [5, 5.41) is 5.83. The van der Waals surface area contributed by atoms with Crippen molar-refractivity contribution < 1.29 is 18.8 Å². The van der Waals surface area contributed by atoms with Gasteiger partial charge in [0.05, 0.1) is 11.6 Å². The Morgan fingerprint density at radius 1 is 0.857 bits per heavy atom. The van der Waals surface area contributed by atoms with Gasteiger partial charge in [0.15, 0.2) is 0 Å². The zero-order valence-corrected chi connectivity index (χ0v) is 20.2. The van der Waals surface area contributed by atoms with E-state index in [1.54, 1.807) is 48.5 Å². The number of hydrogen-bond donors (Lipinski definition) is 2. The third-order valence-electron chi connectivity index (χ3n) is 5.23. The molecule has 0 atom stereocenters. The Morgan fingerprint density at radius 2 is 1.51 bits per heavy atom. The SMILES string of the molecule is O=C(Nc1ccc(F)c(Cl)c1)c1ccc(CNC2=C(Cl)C(=O)N(Cc3ccc(Cl)cc3)C2=O)cc1. The molecule has 0 unspecified atom stereocenters. The van der Waals surface area contributed by atoms with Crippen LogP contribution in [0.3, 0.4) is 0 Å². The van der Waals surface area contributed by atoms with E-state index in [-0.39, 0.29) is 28.8 Å². The van der Waals surface area contributed by atoms with Crippen molar-refractivity contribution in [3.63, 3.8) is 0 Å². The highest BCUT2D eigenvalue weighted by Crippen LogP contribution is 2.25. The summed E-state index contributed by atoms with van der Waals surface area (Å²) in [4.78, 5) is 38.8. The molecule has 0 bridgehead atoms. The van der Waals surface area contributed by atoms with Crippen LogP contribution in [0.1, 0.15) is 21.5 Å². The first-order chi connectivity index (χ1) is 16.7. The molecule has 0 saturated carbocycles. The molecule has 1 aliphatic rings. The summed E-state index contributed by atoms with van der Waals surface area (Å²) >= 11 is 17.8. The zero-order chi connectivity index (χ0) is 25.1. The Bertz CT molecular complexity index is 1340. The Balaban J connectivity index is 1.37. The minimum absolute atomic E-state index is 0.0145. The number of benzene rings is 3. The summed E-state index contributed by atoms with van der Waals surface area (Å²) in [6, 6.07) is 17.3.